The highest BCUT2D eigenvalue weighted by atomic mass is 32.2. The molecule has 12 heterocycles. The van der Waals surface area contributed by atoms with Crippen LogP contribution in [0.3, 0.4) is 0 Å². The fourth-order valence-electron chi connectivity index (χ4n) is 15.4. The number of rotatable bonds is 36. The lowest BCUT2D eigenvalue weighted by Crippen LogP contribution is -2.39. The fourth-order valence-corrected chi connectivity index (χ4v) is 23.8. The number of hydrogen-bond acceptors (Lipinski definition) is 37. The molecule has 4 aliphatic rings. The quantitative estimate of drug-likeness (QED) is 0.0209. The molecule has 4 atom stereocenters. The van der Waals surface area contributed by atoms with Gasteiger partial charge in [-0.15, -0.1) is 45.3 Å². The van der Waals surface area contributed by atoms with Crippen molar-refractivity contribution in [3.8, 4) is 88.3 Å². The first-order valence-corrected chi connectivity index (χ1v) is 51.7. The number of nitrogen functional groups attached to an aromatic ring is 4. The summed E-state index contributed by atoms with van der Waals surface area (Å²) in [4.78, 5) is 69.6. The number of nitrogens with zero attached hydrogens (tertiary/aromatic N) is 16. The lowest BCUT2D eigenvalue weighted by atomic mass is 10.1. The number of aromatic nitrogens is 12. The second-order valence-corrected chi connectivity index (χ2v) is 42.8. The summed E-state index contributed by atoms with van der Waals surface area (Å²) in [5.74, 6) is 7.90. The van der Waals surface area contributed by atoms with Gasteiger partial charge < -0.3 is 65.6 Å². The van der Waals surface area contributed by atoms with E-state index in [2.05, 4.69) is 115 Å². The fraction of sp³-hybridized carbons (Fsp3) is 0.458. The molecule has 4 aromatic carbocycles. The Labute approximate surface area is 814 Å². The maximum atomic E-state index is 6.16. The summed E-state index contributed by atoms with van der Waals surface area (Å²) in [5, 5.41) is 6.93. The number of thioether (sulfide) groups is 4. The molecule has 8 aromatic heterocycles. The van der Waals surface area contributed by atoms with Gasteiger partial charge in [-0.3, -0.25) is 19.6 Å². The van der Waals surface area contributed by atoms with Crippen molar-refractivity contribution >= 4 is 116 Å². The summed E-state index contributed by atoms with van der Waals surface area (Å²) < 4.78 is 52.0. The van der Waals surface area contributed by atoms with Gasteiger partial charge in [0.05, 0.1) is 85.4 Å². The molecule has 0 bridgehead atoms. The van der Waals surface area contributed by atoms with Gasteiger partial charge in [0, 0.05) is 128 Å². The monoisotopic (exact) mass is 1960 g/mol. The van der Waals surface area contributed by atoms with Crippen molar-refractivity contribution in [1.29, 1.82) is 0 Å². The number of ether oxygens (including phenoxy) is 9. The van der Waals surface area contributed by atoms with Gasteiger partial charge in [0.2, 0.25) is 0 Å². The third-order valence-electron chi connectivity index (χ3n) is 22.4. The summed E-state index contributed by atoms with van der Waals surface area (Å²) in [6.07, 6.45) is 7.75. The Morgan fingerprint density at radius 1 is 0.301 bits per heavy atom. The number of anilines is 4. The predicted octanol–water partition coefficient (Wildman–Crippen LogP) is 19.8. The van der Waals surface area contributed by atoms with Crippen LogP contribution in [0.5, 0.6) is 46.0 Å². The minimum atomic E-state index is 0.0914. The van der Waals surface area contributed by atoms with Gasteiger partial charge in [0.15, 0.2) is 66.6 Å². The Bertz CT molecular complexity index is 5550. The number of methoxy groups -OCH3 is 4. The standard InChI is InChI=1S/C25H33N5O2S2.C24H31N5O3S2.C24H31N5O2S2.C23H29N5O2S2/c1-16-14-22(26)28-25(27-16)34-18(3)23-17(2)33-24(29-23)19-8-9-20(31-4)21(15-19)32-13-12-30-10-6-5-7-11-30;1-15-13-21(25)27-24(26-15)34-17(3)22-16(2)33-23(28-22)18-5-6-19(30-4)20(14-18)32-12-9-29-7-10-31-11-8-29;1-15-13-21(25)27-24(26-15)33-17(3)22-16(2)32-23(28-22)18-7-8-19(30-4)20(14-18)31-12-11-29-9-5-6-10-29;1-14-12-20(24)26-23(25-14)32-16(3)21-15(2)31-22(27-21)17-6-7-18(29-4)19(13-17)30-11-10-28-8-5-9-28/h8-9,14-15,18H,5-7,10-13H2,1-4H3,(H2,26,27,28);5-6,13-14,17H,7-12H2,1-4H3,(H2,25,26,27);7-8,13-14,17H,5-6,9-12H2,1-4H3,(H2,25,26,27);6-7,12-13,16H,5,8-11H2,1-4H3,(H2,24,25,26)/t18-;2*17-;16-/m1111/s1. The smallest absolute Gasteiger partial charge is 0.190 e. The molecule has 0 saturated carbocycles. The summed E-state index contributed by atoms with van der Waals surface area (Å²) >= 11 is 13.0. The van der Waals surface area contributed by atoms with Gasteiger partial charge in [-0.2, -0.15) is 0 Å². The first-order chi connectivity index (χ1) is 64.2. The molecule has 4 saturated heterocycles. The van der Waals surface area contributed by atoms with Crippen LogP contribution in [0.2, 0.25) is 0 Å². The molecule has 133 heavy (non-hydrogen) atoms. The average molecular weight is 1960 g/mol. The van der Waals surface area contributed by atoms with Crippen LogP contribution in [0.1, 0.15) is 152 Å². The number of aryl methyl sites for hydroxylation is 8. The number of morpholine rings is 1. The SMILES string of the molecule is COc1ccc(-c2nc([C@@H](C)Sc3nc(C)cc(N)n3)c(C)s2)cc1OCCN1CCC1.COc1ccc(-c2nc([C@@H](C)Sc3nc(C)cc(N)n3)c(C)s2)cc1OCCN1CCCC1.COc1ccc(-c2nc([C@@H](C)Sc3nc(C)cc(N)n3)c(C)s2)cc1OCCN1CCCCC1.COc1ccc(-c2nc([C@@H](C)Sc3nc(C)cc(N)n3)c(C)s2)cc1OCCN1CCOCC1. The Morgan fingerprint density at radius 2 is 0.534 bits per heavy atom. The number of benzene rings is 4. The number of likely N-dealkylation sites (tertiary alicyclic amines) is 3. The van der Waals surface area contributed by atoms with Crippen molar-refractivity contribution in [2.45, 2.75) is 163 Å². The number of hydrogen-bond donors (Lipinski definition) is 4. The number of nitrogens with two attached hydrogens (primary N) is 4. The minimum absolute atomic E-state index is 0.0914. The second-order valence-electron chi connectivity index (χ2n) is 32.7. The molecule has 16 rings (SSSR count). The van der Waals surface area contributed by atoms with E-state index in [0.29, 0.717) is 70.3 Å². The largest absolute Gasteiger partial charge is 0.493 e. The van der Waals surface area contributed by atoms with E-state index < -0.39 is 0 Å². The summed E-state index contributed by atoms with van der Waals surface area (Å²) in [7, 11) is 6.68. The van der Waals surface area contributed by atoms with Crippen molar-refractivity contribution in [2.24, 2.45) is 0 Å². The van der Waals surface area contributed by atoms with Gasteiger partial charge in [0.1, 0.15) is 69.7 Å². The lowest BCUT2D eigenvalue weighted by Gasteiger charge is -2.30. The van der Waals surface area contributed by atoms with Gasteiger partial charge in [-0.1, -0.05) is 53.5 Å². The van der Waals surface area contributed by atoms with Crippen LogP contribution in [-0.4, -0.2) is 226 Å². The Morgan fingerprint density at radius 3 is 0.759 bits per heavy atom. The van der Waals surface area contributed by atoms with E-state index in [1.54, 1.807) is 145 Å². The second kappa shape index (κ2) is 49.3. The highest BCUT2D eigenvalue weighted by Crippen LogP contribution is 2.47. The summed E-state index contributed by atoms with van der Waals surface area (Å²) in [5.41, 5.74) is 35.2. The van der Waals surface area contributed by atoms with Crippen molar-refractivity contribution in [3.05, 3.63) is 162 Å². The van der Waals surface area contributed by atoms with E-state index in [9.17, 15) is 0 Å². The van der Waals surface area contributed by atoms with E-state index in [1.165, 1.54) is 58.0 Å². The first-order valence-electron chi connectivity index (χ1n) is 44.9. The number of thiazole rings is 4. The van der Waals surface area contributed by atoms with Gasteiger partial charge in [0.25, 0.3) is 0 Å². The zero-order valence-electron chi connectivity index (χ0n) is 78.9. The van der Waals surface area contributed by atoms with Crippen molar-refractivity contribution in [3.63, 3.8) is 0 Å². The molecular weight excluding hydrogens is 1830 g/mol. The number of piperidine rings is 1. The zero-order chi connectivity index (χ0) is 94.2. The average Bonchev–Trinajstić information content (AvgIpc) is 1.68. The first kappa shape index (κ1) is 101. The molecule has 4 fully saturated rings. The maximum Gasteiger partial charge on any atom is 0.190 e. The molecule has 8 N–H and O–H groups in total. The van der Waals surface area contributed by atoms with Gasteiger partial charge in [-0.25, -0.2) is 59.8 Å². The third kappa shape index (κ3) is 29.0. The van der Waals surface area contributed by atoms with Gasteiger partial charge >= 0.3 is 0 Å². The molecule has 0 amide bonds. The van der Waals surface area contributed by atoms with Crippen molar-refractivity contribution < 1.29 is 42.6 Å². The van der Waals surface area contributed by atoms with E-state index >= 15 is 0 Å². The van der Waals surface area contributed by atoms with E-state index in [-0.39, 0.29) is 21.0 Å². The molecule has 0 radical (unpaired) electrons. The normalized spacial score (nSPS) is 15.1. The highest BCUT2D eigenvalue weighted by Gasteiger charge is 2.27. The molecule has 0 spiro atoms. The predicted molar refractivity (Wildman–Crippen MR) is 543 cm³/mol. The molecule has 710 valence electrons. The molecule has 0 aliphatic carbocycles. The maximum absolute atomic E-state index is 6.16. The molecule has 0 unspecified atom stereocenters. The summed E-state index contributed by atoms with van der Waals surface area (Å²) in [6.45, 7) is 41.3. The lowest BCUT2D eigenvalue weighted by molar-refractivity contribution is 0.0321. The van der Waals surface area contributed by atoms with Crippen LogP contribution >= 0.6 is 92.4 Å². The Hall–Kier alpha value is -9.48. The van der Waals surface area contributed by atoms with Crippen LogP contribution in [0.25, 0.3) is 42.3 Å². The van der Waals surface area contributed by atoms with Crippen LogP contribution in [0, 0.1) is 55.4 Å². The van der Waals surface area contributed by atoms with E-state index in [0.717, 1.165) is 226 Å². The van der Waals surface area contributed by atoms with Crippen LogP contribution in [0.4, 0.5) is 23.3 Å². The Balaban J connectivity index is 0.000000151. The van der Waals surface area contributed by atoms with Crippen molar-refractivity contribution in [2.75, 3.05) is 170 Å². The highest BCUT2D eigenvalue weighted by molar-refractivity contribution is 8.00. The van der Waals surface area contributed by atoms with Gasteiger partial charge in [-0.05, 0) is 227 Å². The Kier molecular flexibility index (Phi) is 37.4. The summed E-state index contributed by atoms with van der Waals surface area (Å²) in [6, 6.07) is 31.2. The third-order valence-corrected chi connectivity index (χ3v) is 30.4. The van der Waals surface area contributed by atoms with Crippen molar-refractivity contribution in [1.82, 2.24) is 79.4 Å². The molecule has 12 aromatic rings. The van der Waals surface area contributed by atoms with Crippen LogP contribution in [-0.2, 0) is 4.74 Å². The van der Waals surface area contributed by atoms with Crippen LogP contribution in [0.15, 0.2) is 118 Å². The molecule has 4 aliphatic heterocycles. The topological polar surface area (TPSA) is 355 Å². The van der Waals surface area contributed by atoms with Crippen LogP contribution < -0.4 is 60.8 Å². The molecule has 37 heteroatoms. The van der Waals surface area contributed by atoms with E-state index in [4.69, 9.17) is 85.5 Å². The molecular formula is C96H124N20O9S8. The van der Waals surface area contributed by atoms with E-state index in [1.807, 2.05) is 100 Å². The zero-order valence-corrected chi connectivity index (χ0v) is 85.5. The minimum Gasteiger partial charge on any atom is -0.493 e. The molecule has 29 nitrogen and oxygen atoms in total.